The van der Waals surface area contributed by atoms with Gasteiger partial charge in [0.15, 0.2) is 0 Å². The van der Waals surface area contributed by atoms with E-state index in [9.17, 15) is 14.8 Å². The van der Waals surface area contributed by atoms with Gasteiger partial charge in [-0.1, -0.05) is 83.5 Å². The molecule has 0 unspecified atom stereocenters. The smallest absolute Gasteiger partial charge is 0.313 e. The number of fused-ring (bicyclic) bond motifs is 7. The lowest BCUT2D eigenvalue weighted by atomic mass is 9.33. The summed E-state index contributed by atoms with van der Waals surface area (Å²) in [6.07, 6.45) is 13.6. The standard InChI is InChI=1S/C39H55NO5/c1-26(41)45-32-16-17-35(4)30(36(32,5)25-40-43)15-18-38(7)31(35)14-13-28-29-23-34(2,3)19-21-39(29,22-20-37(28,38)6)33(42)44-24-27-11-9-8-10-12-27/h8-13,25,29-32,43H,14-24H2,1-7H3/b40-25+/t29-,30+,31+,32-,35-,36-,37+,38+,39-/m0/s1. The Balaban J connectivity index is 1.36. The molecule has 0 amide bonds. The first-order valence-electron chi connectivity index (χ1n) is 17.4. The third kappa shape index (κ3) is 4.82. The van der Waals surface area contributed by atoms with E-state index in [-0.39, 0.29) is 51.5 Å². The molecule has 246 valence electrons. The molecule has 9 atom stereocenters. The van der Waals surface area contributed by atoms with Gasteiger partial charge in [-0.05, 0) is 109 Å². The molecule has 1 N–H and O–H groups in total. The van der Waals surface area contributed by atoms with Crippen molar-refractivity contribution in [2.24, 2.45) is 55.4 Å². The Kier molecular flexibility index (Phi) is 7.88. The number of carbonyl (C=O) groups is 2. The fraction of sp³-hybridized carbons (Fsp3) is 0.718. The third-order valence-electron chi connectivity index (χ3n) is 14.6. The van der Waals surface area contributed by atoms with Crippen molar-refractivity contribution in [3.05, 3.63) is 47.5 Å². The number of rotatable bonds is 5. The van der Waals surface area contributed by atoms with Crippen LogP contribution in [0.4, 0.5) is 0 Å². The van der Waals surface area contributed by atoms with Gasteiger partial charge >= 0.3 is 11.9 Å². The Morgan fingerprint density at radius 3 is 2.33 bits per heavy atom. The van der Waals surface area contributed by atoms with Crippen LogP contribution in [0.15, 0.2) is 47.1 Å². The van der Waals surface area contributed by atoms with Gasteiger partial charge in [0.2, 0.25) is 0 Å². The highest BCUT2D eigenvalue weighted by Gasteiger charge is 2.70. The summed E-state index contributed by atoms with van der Waals surface area (Å²) in [4.78, 5) is 26.3. The number of nitrogens with zero attached hydrogens (tertiary/aromatic N) is 1. The van der Waals surface area contributed by atoms with Gasteiger partial charge in [-0.3, -0.25) is 9.59 Å². The molecule has 0 aromatic heterocycles. The Morgan fingerprint density at radius 1 is 0.933 bits per heavy atom. The van der Waals surface area contributed by atoms with E-state index < -0.39 is 10.8 Å². The SMILES string of the molecule is CC(=O)O[C@H]1CC[C@]2(C)[C@H]3CC=C4[C@@H]5CC(C)(C)CC[C@]5(C(=O)OCc5ccccc5)CC[C@@]4(C)[C@]3(C)CC[C@H]2[C@]1(C)/C=N/O. The van der Waals surface area contributed by atoms with Crippen LogP contribution in [0.5, 0.6) is 0 Å². The van der Waals surface area contributed by atoms with Crippen molar-refractivity contribution in [2.45, 2.75) is 125 Å². The minimum absolute atomic E-state index is 0.000382. The van der Waals surface area contributed by atoms with Crippen LogP contribution in [0.3, 0.4) is 0 Å². The quantitative estimate of drug-likeness (QED) is 0.117. The summed E-state index contributed by atoms with van der Waals surface area (Å²) in [5.41, 5.74) is 1.79. The molecule has 5 aliphatic rings. The van der Waals surface area contributed by atoms with Gasteiger partial charge < -0.3 is 14.7 Å². The monoisotopic (exact) mass is 617 g/mol. The summed E-state index contributed by atoms with van der Waals surface area (Å²) >= 11 is 0. The molecule has 1 aromatic rings. The normalized spacial score (nSPS) is 43.6. The second kappa shape index (κ2) is 11.0. The maximum Gasteiger partial charge on any atom is 0.313 e. The molecular formula is C39H55NO5. The second-order valence-corrected chi connectivity index (χ2v) is 17.2. The fourth-order valence-electron chi connectivity index (χ4n) is 11.9. The largest absolute Gasteiger partial charge is 0.462 e. The van der Waals surface area contributed by atoms with E-state index in [0.717, 1.165) is 69.8 Å². The van der Waals surface area contributed by atoms with Gasteiger partial charge in [0.05, 0.1) is 11.6 Å². The van der Waals surface area contributed by atoms with E-state index in [1.54, 1.807) is 6.21 Å². The van der Waals surface area contributed by atoms with Crippen molar-refractivity contribution in [1.29, 1.82) is 0 Å². The lowest BCUT2D eigenvalue weighted by Gasteiger charge is -2.71. The van der Waals surface area contributed by atoms with E-state index in [0.29, 0.717) is 12.5 Å². The molecule has 0 bridgehead atoms. The summed E-state index contributed by atoms with van der Waals surface area (Å²) in [7, 11) is 0. The number of hydrogen-bond donors (Lipinski definition) is 1. The highest BCUT2D eigenvalue weighted by molar-refractivity contribution is 5.79. The molecule has 0 radical (unpaired) electrons. The van der Waals surface area contributed by atoms with Crippen molar-refractivity contribution >= 4 is 18.2 Å². The van der Waals surface area contributed by atoms with Gasteiger partial charge in [0, 0.05) is 12.3 Å². The molecule has 0 spiro atoms. The molecule has 45 heavy (non-hydrogen) atoms. The average Bonchev–Trinajstić information content (AvgIpc) is 2.98. The predicted molar refractivity (Wildman–Crippen MR) is 175 cm³/mol. The third-order valence-corrected chi connectivity index (χ3v) is 14.6. The molecular weight excluding hydrogens is 562 g/mol. The van der Waals surface area contributed by atoms with E-state index >= 15 is 0 Å². The molecule has 5 aliphatic carbocycles. The maximum absolute atomic E-state index is 14.2. The Labute approximate surface area is 270 Å². The highest BCUT2D eigenvalue weighted by Crippen LogP contribution is 2.75. The number of ether oxygens (including phenoxy) is 2. The fourth-order valence-corrected chi connectivity index (χ4v) is 11.9. The van der Waals surface area contributed by atoms with Gasteiger partial charge in [-0.2, -0.15) is 0 Å². The number of benzene rings is 1. The van der Waals surface area contributed by atoms with E-state index in [4.69, 9.17) is 9.47 Å². The molecule has 0 heterocycles. The Bertz CT molecular complexity index is 1380. The Hall–Kier alpha value is -2.63. The van der Waals surface area contributed by atoms with Crippen molar-refractivity contribution in [3.63, 3.8) is 0 Å². The molecule has 1 aromatic carbocycles. The van der Waals surface area contributed by atoms with Gasteiger partial charge in [0.1, 0.15) is 12.7 Å². The van der Waals surface area contributed by atoms with Crippen molar-refractivity contribution in [1.82, 2.24) is 0 Å². The molecule has 6 heteroatoms. The van der Waals surface area contributed by atoms with E-state index in [1.165, 1.54) is 12.5 Å². The van der Waals surface area contributed by atoms with Crippen LogP contribution < -0.4 is 0 Å². The predicted octanol–water partition coefficient (Wildman–Crippen LogP) is 8.90. The van der Waals surface area contributed by atoms with Crippen molar-refractivity contribution in [2.75, 3.05) is 0 Å². The minimum atomic E-state index is -0.530. The zero-order chi connectivity index (χ0) is 32.5. The van der Waals surface area contributed by atoms with Gasteiger partial charge in [0.25, 0.3) is 0 Å². The first-order valence-corrected chi connectivity index (χ1v) is 17.4. The first kappa shape index (κ1) is 32.3. The number of carbonyl (C=O) groups excluding carboxylic acids is 2. The molecule has 6 nitrogen and oxygen atoms in total. The summed E-state index contributed by atoms with van der Waals surface area (Å²) < 4.78 is 12.1. The van der Waals surface area contributed by atoms with Crippen LogP contribution in [0, 0.1) is 50.2 Å². The molecule has 4 fully saturated rings. The van der Waals surface area contributed by atoms with Crippen LogP contribution in [0.1, 0.15) is 118 Å². The van der Waals surface area contributed by atoms with Crippen LogP contribution in [-0.4, -0.2) is 29.5 Å². The highest BCUT2D eigenvalue weighted by atomic mass is 16.5. The van der Waals surface area contributed by atoms with Crippen molar-refractivity contribution < 1.29 is 24.3 Å². The van der Waals surface area contributed by atoms with Crippen LogP contribution in [0.25, 0.3) is 0 Å². The topological polar surface area (TPSA) is 85.2 Å². The zero-order valence-electron chi connectivity index (χ0n) is 28.7. The number of hydrogen-bond acceptors (Lipinski definition) is 6. The zero-order valence-corrected chi connectivity index (χ0v) is 28.7. The second-order valence-electron chi connectivity index (χ2n) is 17.2. The summed E-state index contributed by atoms with van der Waals surface area (Å²) in [5.74, 6) is 0.595. The average molecular weight is 618 g/mol. The van der Waals surface area contributed by atoms with Gasteiger partial charge in [-0.15, -0.1) is 5.16 Å². The molecule has 4 saturated carbocycles. The number of oxime groups is 1. The maximum atomic E-state index is 14.2. The Morgan fingerprint density at radius 2 is 1.64 bits per heavy atom. The number of esters is 2. The van der Waals surface area contributed by atoms with Crippen LogP contribution in [0.2, 0.25) is 0 Å². The van der Waals surface area contributed by atoms with E-state index in [2.05, 4.69) is 52.8 Å². The first-order chi connectivity index (χ1) is 21.2. The lowest BCUT2D eigenvalue weighted by molar-refractivity contribution is -0.203. The minimum Gasteiger partial charge on any atom is -0.462 e. The molecule has 6 rings (SSSR count). The number of allylic oxidation sites excluding steroid dienone is 2. The summed E-state index contributed by atoms with van der Waals surface area (Å²) in [6.45, 7) is 16.2. The van der Waals surface area contributed by atoms with Crippen LogP contribution >= 0.6 is 0 Å². The van der Waals surface area contributed by atoms with E-state index in [1.807, 2.05) is 30.3 Å². The lowest BCUT2D eigenvalue weighted by Crippen LogP contribution is -2.66. The molecule has 0 aliphatic heterocycles. The van der Waals surface area contributed by atoms with Gasteiger partial charge in [-0.25, -0.2) is 0 Å². The summed E-state index contributed by atoms with van der Waals surface area (Å²) in [6, 6.07) is 10.1. The van der Waals surface area contributed by atoms with Crippen LogP contribution in [-0.2, 0) is 25.7 Å². The van der Waals surface area contributed by atoms with Crippen molar-refractivity contribution in [3.8, 4) is 0 Å². The molecule has 0 saturated heterocycles. The summed E-state index contributed by atoms with van der Waals surface area (Å²) in [5, 5.41) is 13.4.